The molecule has 0 aliphatic carbocycles. The lowest BCUT2D eigenvalue weighted by molar-refractivity contribution is -0.140. The van der Waals surface area contributed by atoms with Crippen LogP contribution in [0.4, 0.5) is 0 Å². The lowest BCUT2D eigenvalue weighted by Crippen LogP contribution is -2.31. The first-order valence-electron chi connectivity index (χ1n) is 8.71. The van der Waals surface area contributed by atoms with E-state index in [4.69, 9.17) is 16.7 Å². The summed E-state index contributed by atoms with van der Waals surface area (Å²) in [6, 6.07) is 14.3. The third-order valence-electron chi connectivity index (χ3n) is 4.56. The Kier molecular flexibility index (Phi) is 5.80. The molecule has 6 nitrogen and oxygen atoms in total. The van der Waals surface area contributed by atoms with Gasteiger partial charge in [-0.2, -0.15) is 0 Å². The quantitative estimate of drug-likeness (QED) is 0.439. The Morgan fingerprint density at radius 2 is 1.64 bits per heavy atom. The number of carboxylic acid groups (broad SMARTS) is 1. The summed E-state index contributed by atoms with van der Waals surface area (Å²) in [7, 11) is 0. The van der Waals surface area contributed by atoms with Crippen LogP contribution in [0.2, 0.25) is 5.02 Å². The first kappa shape index (κ1) is 19.6. The van der Waals surface area contributed by atoms with Gasteiger partial charge in [-0.15, -0.1) is 0 Å². The second-order valence-electron chi connectivity index (χ2n) is 6.41. The summed E-state index contributed by atoms with van der Waals surface area (Å²) in [5, 5.41) is 20.2. The number of carbonyl (C=O) groups is 3. The minimum atomic E-state index is -0.982. The summed E-state index contributed by atoms with van der Waals surface area (Å²) in [4.78, 5) is 37.5. The van der Waals surface area contributed by atoms with E-state index in [-0.39, 0.29) is 30.7 Å². The molecule has 0 spiro atoms. The molecule has 0 radical (unpaired) electrons. The van der Waals surface area contributed by atoms with Gasteiger partial charge in [-0.3, -0.25) is 14.4 Å². The summed E-state index contributed by atoms with van der Waals surface area (Å²) >= 11 is 5.95. The zero-order valence-electron chi connectivity index (χ0n) is 14.8. The summed E-state index contributed by atoms with van der Waals surface area (Å²) < 4.78 is 0. The molecule has 0 bridgehead atoms. The molecule has 2 aromatic carbocycles. The van der Waals surface area contributed by atoms with Gasteiger partial charge in [0.05, 0.1) is 11.6 Å². The largest absolute Gasteiger partial charge is 0.507 e. The van der Waals surface area contributed by atoms with Gasteiger partial charge in [-0.1, -0.05) is 54.1 Å². The number of hydrogen-bond donors (Lipinski definition) is 2. The molecule has 1 fully saturated rings. The highest BCUT2D eigenvalue weighted by Gasteiger charge is 2.45. The number of carboxylic acids is 1. The highest BCUT2D eigenvalue weighted by molar-refractivity contribution is 6.46. The van der Waals surface area contributed by atoms with E-state index in [9.17, 15) is 19.5 Å². The van der Waals surface area contributed by atoms with E-state index in [1.54, 1.807) is 54.6 Å². The topological polar surface area (TPSA) is 94.9 Å². The first-order chi connectivity index (χ1) is 13.4. The number of aliphatic hydroxyl groups is 1. The molecule has 28 heavy (non-hydrogen) atoms. The molecule has 2 aromatic rings. The van der Waals surface area contributed by atoms with E-state index in [2.05, 4.69) is 0 Å². The van der Waals surface area contributed by atoms with Crippen molar-refractivity contribution in [3.8, 4) is 0 Å². The molecule has 0 unspecified atom stereocenters. The van der Waals surface area contributed by atoms with Crippen LogP contribution in [0.15, 0.2) is 60.2 Å². The number of Topliss-reactive ketones (excluding diaryl/α,β-unsaturated/α-hetero) is 1. The van der Waals surface area contributed by atoms with Crippen molar-refractivity contribution in [3.63, 3.8) is 0 Å². The Labute approximate surface area is 166 Å². The Morgan fingerprint density at radius 3 is 2.25 bits per heavy atom. The summed E-state index contributed by atoms with van der Waals surface area (Å²) in [6.07, 6.45) is 0.0623. The van der Waals surface area contributed by atoms with Crippen LogP contribution < -0.4 is 0 Å². The Morgan fingerprint density at radius 1 is 1.00 bits per heavy atom. The molecule has 2 N–H and O–H groups in total. The van der Waals surface area contributed by atoms with Gasteiger partial charge in [0.2, 0.25) is 0 Å². The average Bonchev–Trinajstić information content (AvgIpc) is 2.93. The van der Waals surface area contributed by atoms with E-state index in [1.165, 1.54) is 4.90 Å². The molecule has 0 aromatic heterocycles. The molecule has 0 saturated carbocycles. The van der Waals surface area contributed by atoms with E-state index in [1.807, 2.05) is 0 Å². The predicted octanol–water partition coefficient (Wildman–Crippen LogP) is 3.63. The van der Waals surface area contributed by atoms with Crippen LogP contribution in [0.25, 0.3) is 5.76 Å². The van der Waals surface area contributed by atoms with Crippen LogP contribution in [0.3, 0.4) is 0 Å². The fourth-order valence-electron chi connectivity index (χ4n) is 3.25. The normalized spacial score (nSPS) is 18.5. The number of nitrogens with zero attached hydrogens (tertiary/aromatic N) is 1. The van der Waals surface area contributed by atoms with Crippen molar-refractivity contribution >= 4 is 35.0 Å². The highest BCUT2D eigenvalue weighted by atomic mass is 35.5. The van der Waals surface area contributed by atoms with Gasteiger partial charge in [0.15, 0.2) is 0 Å². The SMILES string of the molecule is O=C(O)CCCN1C(=O)C(=O)C(=C(O)c2ccccc2)[C@@H]1c1ccc(Cl)cc1. The summed E-state index contributed by atoms with van der Waals surface area (Å²) in [5.74, 6) is -2.80. The molecule has 1 atom stereocenters. The molecule has 1 saturated heterocycles. The van der Waals surface area contributed by atoms with Crippen LogP contribution in [-0.2, 0) is 14.4 Å². The number of aliphatic hydroxyl groups excluding tert-OH is 1. The Hall–Kier alpha value is -3.12. The minimum Gasteiger partial charge on any atom is -0.507 e. The van der Waals surface area contributed by atoms with E-state index in [0.29, 0.717) is 16.1 Å². The predicted molar refractivity (Wildman–Crippen MR) is 104 cm³/mol. The van der Waals surface area contributed by atoms with Gasteiger partial charge in [-0.05, 0) is 24.1 Å². The second kappa shape index (κ2) is 8.27. The number of hydrogen-bond acceptors (Lipinski definition) is 4. The fraction of sp³-hybridized carbons (Fsp3) is 0.190. The van der Waals surface area contributed by atoms with Crippen molar-refractivity contribution in [1.29, 1.82) is 0 Å². The molecular weight excluding hydrogens is 382 g/mol. The van der Waals surface area contributed by atoms with Gasteiger partial charge >= 0.3 is 5.97 Å². The van der Waals surface area contributed by atoms with E-state index >= 15 is 0 Å². The summed E-state index contributed by atoms with van der Waals surface area (Å²) in [5.41, 5.74) is 1.01. The number of aliphatic carboxylic acids is 1. The molecule has 7 heteroatoms. The molecule has 3 rings (SSSR count). The maximum atomic E-state index is 12.7. The average molecular weight is 400 g/mol. The molecule has 1 amide bonds. The van der Waals surface area contributed by atoms with Crippen molar-refractivity contribution in [3.05, 3.63) is 76.3 Å². The van der Waals surface area contributed by atoms with Crippen LogP contribution >= 0.6 is 11.6 Å². The van der Waals surface area contributed by atoms with E-state index < -0.39 is 23.7 Å². The zero-order valence-corrected chi connectivity index (χ0v) is 15.6. The Balaban J connectivity index is 2.08. The van der Waals surface area contributed by atoms with Crippen LogP contribution in [0, 0.1) is 0 Å². The lowest BCUT2D eigenvalue weighted by atomic mass is 9.95. The monoisotopic (exact) mass is 399 g/mol. The van der Waals surface area contributed by atoms with Crippen LogP contribution in [0.5, 0.6) is 0 Å². The molecule has 1 aliphatic rings. The minimum absolute atomic E-state index is 0.0196. The number of carbonyl (C=O) groups excluding carboxylic acids is 2. The number of ketones is 1. The number of benzene rings is 2. The number of rotatable bonds is 6. The highest BCUT2D eigenvalue weighted by Crippen LogP contribution is 2.39. The maximum absolute atomic E-state index is 12.7. The smallest absolute Gasteiger partial charge is 0.303 e. The van der Waals surface area contributed by atoms with Gasteiger partial charge in [0.25, 0.3) is 11.7 Å². The number of halogens is 1. The lowest BCUT2D eigenvalue weighted by Gasteiger charge is -2.25. The van der Waals surface area contributed by atoms with Gasteiger partial charge in [0.1, 0.15) is 5.76 Å². The van der Waals surface area contributed by atoms with Crippen molar-refractivity contribution < 1.29 is 24.6 Å². The standard InChI is InChI=1S/C21H18ClNO5/c22-15-10-8-13(9-11-15)18-17(19(26)14-5-2-1-3-6-14)20(27)21(28)23(18)12-4-7-16(24)25/h1-3,5-6,8-11,18,26H,4,7,12H2,(H,24,25)/t18-/m0/s1. The maximum Gasteiger partial charge on any atom is 0.303 e. The van der Waals surface area contributed by atoms with Crippen molar-refractivity contribution in [2.45, 2.75) is 18.9 Å². The third kappa shape index (κ3) is 3.92. The van der Waals surface area contributed by atoms with Crippen LogP contribution in [-0.4, -0.2) is 39.3 Å². The molecule has 144 valence electrons. The van der Waals surface area contributed by atoms with Gasteiger partial charge < -0.3 is 15.1 Å². The van der Waals surface area contributed by atoms with E-state index in [0.717, 1.165) is 0 Å². The zero-order chi connectivity index (χ0) is 20.3. The number of amides is 1. The third-order valence-corrected chi connectivity index (χ3v) is 4.81. The summed E-state index contributed by atoms with van der Waals surface area (Å²) in [6.45, 7) is 0.0791. The van der Waals surface area contributed by atoms with Gasteiger partial charge in [0, 0.05) is 23.6 Å². The molecule has 1 aliphatic heterocycles. The van der Waals surface area contributed by atoms with Crippen molar-refractivity contribution in [2.75, 3.05) is 6.54 Å². The molecular formula is C21H18ClNO5. The Bertz CT molecular complexity index is 937. The second-order valence-corrected chi connectivity index (χ2v) is 6.84. The van der Waals surface area contributed by atoms with Crippen LogP contribution in [0.1, 0.15) is 30.0 Å². The first-order valence-corrected chi connectivity index (χ1v) is 9.09. The number of likely N-dealkylation sites (tertiary alicyclic amines) is 1. The fourth-order valence-corrected chi connectivity index (χ4v) is 3.38. The van der Waals surface area contributed by atoms with Gasteiger partial charge in [-0.25, -0.2) is 0 Å². The van der Waals surface area contributed by atoms with Crippen molar-refractivity contribution in [1.82, 2.24) is 4.90 Å². The van der Waals surface area contributed by atoms with Crippen molar-refractivity contribution in [2.24, 2.45) is 0 Å². The molecule has 1 heterocycles.